The molecule has 0 aromatic carbocycles. The normalized spacial score (nSPS) is 24.0. The first kappa shape index (κ1) is 20.4. The number of amides is 1. The Hall–Kier alpha value is -1.86. The molecule has 1 amide bonds. The van der Waals surface area contributed by atoms with E-state index in [1.54, 1.807) is 0 Å². The van der Waals surface area contributed by atoms with Crippen LogP contribution in [0, 0.1) is 5.92 Å². The summed E-state index contributed by atoms with van der Waals surface area (Å²) in [6.07, 6.45) is 6.15. The fourth-order valence-corrected chi connectivity index (χ4v) is 4.05. The predicted molar refractivity (Wildman–Crippen MR) is 112 cm³/mol. The maximum absolute atomic E-state index is 12.9. The maximum Gasteiger partial charge on any atom is 0.410 e. The monoisotopic (exact) mass is 402 g/mol. The van der Waals surface area contributed by atoms with Crippen LogP contribution in [-0.2, 0) is 15.0 Å². The SMILES string of the molecule is CC(C)(C)OC(=O)N(CC1CC1)[C@@H]1CCCN(c2ccc(C3(N)COC3)cn2)C1. The van der Waals surface area contributed by atoms with Crippen LogP contribution in [0.4, 0.5) is 10.6 Å². The molecule has 2 saturated heterocycles. The summed E-state index contributed by atoms with van der Waals surface area (Å²) in [5.41, 5.74) is 6.46. The Morgan fingerprint density at radius 3 is 2.66 bits per heavy atom. The zero-order chi connectivity index (χ0) is 20.6. The Kier molecular flexibility index (Phi) is 5.46. The number of aromatic nitrogens is 1. The minimum absolute atomic E-state index is 0.154. The molecule has 160 valence electrons. The standard InChI is InChI=1S/C22H34N4O3/c1-21(2,3)29-20(27)26(12-16-6-7-16)18-5-4-10-25(13-18)19-9-8-17(11-24-19)22(23)14-28-15-22/h8-9,11,16,18H,4-7,10,12-15,23H2,1-3H3/t18-/m1/s1. The molecule has 0 radical (unpaired) electrons. The predicted octanol–water partition coefficient (Wildman–Crippen LogP) is 2.88. The number of hydrogen-bond acceptors (Lipinski definition) is 6. The van der Waals surface area contributed by atoms with Gasteiger partial charge in [-0.3, -0.25) is 0 Å². The fraction of sp³-hybridized carbons (Fsp3) is 0.727. The minimum Gasteiger partial charge on any atom is -0.444 e. The lowest BCUT2D eigenvalue weighted by Crippen LogP contribution is -2.54. The van der Waals surface area contributed by atoms with Crippen molar-refractivity contribution in [3.05, 3.63) is 23.9 Å². The van der Waals surface area contributed by atoms with Crippen LogP contribution < -0.4 is 10.6 Å². The minimum atomic E-state index is -0.478. The smallest absolute Gasteiger partial charge is 0.410 e. The Morgan fingerprint density at radius 1 is 1.34 bits per heavy atom. The quantitative estimate of drug-likeness (QED) is 0.816. The number of nitrogens with two attached hydrogens (primary N) is 1. The van der Waals surface area contributed by atoms with Gasteiger partial charge in [-0.2, -0.15) is 0 Å². The van der Waals surface area contributed by atoms with E-state index in [2.05, 4.69) is 16.0 Å². The van der Waals surface area contributed by atoms with Crippen molar-refractivity contribution in [3.63, 3.8) is 0 Å². The Balaban J connectivity index is 1.44. The van der Waals surface area contributed by atoms with Gasteiger partial charge in [0.25, 0.3) is 0 Å². The fourth-order valence-electron chi connectivity index (χ4n) is 4.05. The van der Waals surface area contributed by atoms with Gasteiger partial charge in [0.05, 0.1) is 24.8 Å². The molecular weight excluding hydrogens is 368 g/mol. The lowest BCUT2D eigenvalue weighted by molar-refractivity contribution is -0.0570. The van der Waals surface area contributed by atoms with Gasteiger partial charge in [-0.1, -0.05) is 6.07 Å². The highest BCUT2D eigenvalue weighted by Crippen LogP contribution is 2.33. The van der Waals surface area contributed by atoms with Crippen molar-refractivity contribution in [1.29, 1.82) is 0 Å². The summed E-state index contributed by atoms with van der Waals surface area (Å²) in [7, 11) is 0. The van der Waals surface area contributed by atoms with Gasteiger partial charge in [-0.05, 0) is 64.0 Å². The summed E-state index contributed by atoms with van der Waals surface area (Å²) < 4.78 is 11.0. The number of rotatable bonds is 5. The van der Waals surface area contributed by atoms with Crippen LogP contribution in [0.25, 0.3) is 0 Å². The van der Waals surface area contributed by atoms with E-state index in [0.29, 0.717) is 19.1 Å². The first-order valence-electron chi connectivity index (χ1n) is 10.8. The van der Waals surface area contributed by atoms with E-state index < -0.39 is 11.1 Å². The van der Waals surface area contributed by atoms with E-state index in [-0.39, 0.29) is 12.1 Å². The molecule has 3 heterocycles. The van der Waals surface area contributed by atoms with Crippen molar-refractivity contribution in [2.24, 2.45) is 11.7 Å². The molecule has 0 bridgehead atoms. The van der Waals surface area contributed by atoms with Gasteiger partial charge < -0.3 is 25.0 Å². The number of carbonyl (C=O) groups is 1. The van der Waals surface area contributed by atoms with E-state index in [1.807, 2.05) is 37.9 Å². The van der Waals surface area contributed by atoms with Crippen molar-refractivity contribution in [2.45, 2.75) is 63.6 Å². The highest BCUT2D eigenvalue weighted by Gasteiger charge is 2.38. The van der Waals surface area contributed by atoms with Crippen LogP contribution in [0.2, 0.25) is 0 Å². The Bertz CT molecular complexity index is 723. The molecule has 7 heteroatoms. The maximum atomic E-state index is 12.9. The van der Waals surface area contributed by atoms with E-state index in [0.717, 1.165) is 43.9 Å². The number of ether oxygens (including phenoxy) is 2. The number of piperidine rings is 1. The van der Waals surface area contributed by atoms with Crippen LogP contribution >= 0.6 is 0 Å². The molecule has 1 aliphatic carbocycles. The summed E-state index contributed by atoms with van der Waals surface area (Å²) in [5.74, 6) is 1.57. The van der Waals surface area contributed by atoms with Crippen LogP contribution in [0.1, 0.15) is 52.0 Å². The van der Waals surface area contributed by atoms with Gasteiger partial charge in [0.15, 0.2) is 0 Å². The molecule has 2 N–H and O–H groups in total. The van der Waals surface area contributed by atoms with Crippen LogP contribution in [-0.4, -0.2) is 60.5 Å². The van der Waals surface area contributed by atoms with Crippen molar-refractivity contribution in [1.82, 2.24) is 9.88 Å². The lowest BCUT2D eigenvalue weighted by atomic mass is 9.90. The Labute approximate surface area is 173 Å². The largest absolute Gasteiger partial charge is 0.444 e. The van der Waals surface area contributed by atoms with Gasteiger partial charge in [-0.25, -0.2) is 9.78 Å². The third kappa shape index (κ3) is 4.83. The summed E-state index contributed by atoms with van der Waals surface area (Å²) in [5, 5.41) is 0. The molecule has 4 rings (SSSR count). The van der Waals surface area contributed by atoms with Gasteiger partial charge >= 0.3 is 6.09 Å². The van der Waals surface area contributed by atoms with Crippen LogP contribution in [0.3, 0.4) is 0 Å². The summed E-state index contributed by atoms with van der Waals surface area (Å²) in [6.45, 7) is 9.41. The molecule has 1 atom stereocenters. The molecule has 2 aliphatic heterocycles. The van der Waals surface area contributed by atoms with Crippen molar-refractivity contribution in [3.8, 4) is 0 Å². The van der Waals surface area contributed by atoms with Crippen LogP contribution in [0.5, 0.6) is 0 Å². The van der Waals surface area contributed by atoms with Crippen molar-refractivity contribution >= 4 is 11.9 Å². The second-order valence-corrected chi connectivity index (χ2v) is 9.87. The van der Waals surface area contributed by atoms with E-state index in [9.17, 15) is 4.79 Å². The lowest BCUT2D eigenvalue weighted by Gasteiger charge is -2.41. The molecular formula is C22H34N4O3. The van der Waals surface area contributed by atoms with Gasteiger partial charge in [0.2, 0.25) is 0 Å². The Morgan fingerprint density at radius 2 is 2.10 bits per heavy atom. The topological polar surface area (TPSA) is 80.9 Å². The van der Waals surface area contributed by atoms with E-state index >= 15 is 0 Å². The average molecular weight is 403 g/mol. The number of anilines is 1. The number of hydrogen-bond donors (Lipinski definition) is 1. The molecule has 3 fully saturated rings. The van der Waals surface area contributed by atoms with Crippen molar-refractivity contribution < 1.29 is 14.3 Å². The molecule has 0 spiro atoms. The summed E-state index contributed by atoms with van der Waals surface area (Å²) in [6, 6.07) is 4.26. The highest BCUT2D eigenvalue weighted by atomic mass is 16.6. The number of pyridine rings is 1. The van der Waals surface area contributed by atoms with Gasteiger partial charge in [0.1, 0.15) is 11.4 Å². The molecule has 7 nitrogen and oxygen atoms in total. The summed E-state index contributed by atoms with van der Waals surface area (Å²) >= 11 is 0. The molecule has 1 saturated carbocycles. The highest BCUT2D eigenvalue weighted by molar-refractivity contribution is 5.69. The third-order valence-corrected chi connectivity index (χ3v) is 5.98. The van der Waals surface area contributed by atoms with E-state index in [1.165, 1.54) is 12.8 Å². The third-order valence-electron chi connectivity index (χ3n) is 5.98. The second-order valence-electron chi connectivity index (χ2n) is 9.87. The summed E-state index contributed by atoms with van der Waals surface area (Å²) in [4.78, 5) is 21.8. The average Bonchev–Trinajstić information content (AvgIpc) is 3.47. The molecule has 1 aromatic heterocycles. The number of nitrogens with zero attached hydrogens (tertiary/aromatic N) is 3. The van der Waals surface area contributed by atoms with E-state index in [4.69, 9.17) is 15.2 Å². The zero-order valence-corrected chi connectivity index (χ0v) is 17.9. The molecule has 29 heavy (non-hydrogen) atoms. The van der Waals surface area contributed by atoms with Gasteiger partial charge in [0, 0.05) is 25.8 Å². The number of carbonyl (C=O) groups excluding carboxylic acids is 1. The molecule has 3 aliphatic rings. The first-order chi connectivity index (χ1) is 13.7. The second kappa shape index (κ2) is 7.76. The zero-order valence-electron chi connectivity index (χ0n) is 17.9. The molecule has 1 aromatic rings. The van der Waals surface area contributed by atoms with Crippen molar-refractivity contribution in [2.75, 3.05) is 37.7 Å². The van der Waals surface area contributed by atoms with Gasteiger partial charge in [-0.15, -0.1) is 0 Å². The first-order valence-corrected chi connectivity index (χ1v) is 10.8. The molecule has 0 unspecified atom stereocenters. The van der Waals surface area contributed by atoms with Crippen LogP contribution in [0.15, 0.2) is 18.3 Å².